The Bertz CT molecular complexity index is 776. The third kappa shape index (κ3) is 4.40. The molecule has 7 nitrogen and oxygen atoms in total. The number of aryl methyl sites for hydroxylation is 2. The van der Waals surface area contributed by atoms with Crippen LogP contribution in [0.2, 0.25) is 0 Å². The Labute approximate surface area is 153 Å². The second kappa shape index (κ2) is 8.80. The number of hydrogen-bond acceptors (Lipinski definition) is 5. The fourth-order valence-electron chi connectivity index (χ4n) is 3.39. The molecule has 7 heteroatoms. The molecule has 0 bridgehead atoms. The third-order valence-corrected chi connectivity index (χ3v) is 4.91. The van der Waals surface area contributed by atoms with Crippen LogP contribution < -0.4 is 11.0 Å². The number of carbonyl (C=O) groups is 1. The van der Waals surface area contributed by atoms with E-state index in [0.717, 1.165) is 38.0 Å². The van der Waals surface area contributed by atoms with E-state index in [-0.39, 0.29) is 18.1 Å². The summed E-state index contributed by atoms with van der Waals surface area (Å²) < 4.78 is 7.86. The predicted octanol–water partition coefficient (Wildman–Crippen LogP) is 1.53. The van der Waals surface area contributed by atoms with Crippen molar-refractivity contribution in [2.75, 3.05) is 20.2 Å². The fraction of sp³-hybridized carbons (Fsp3) is 0.526. The number of esters is 1. The summed E-state index contributed by atoms with van der Waals surface area (Å²) in [6.45, 7) is 2.69. The summed E-state index contributed by atoms with van der Waals surface area (Å²) in [6.07, 6.45) is 3.81. The van der Waals surface area contributed by atoms with Gasteiger partial charge in [-0.15, -0.1) is 0 Å². The van der Waals surface area contributed by atoms with Crippen molar-refractivity contribution < 1.29 is 9.53 Å². The summed E-state index contributed by atoms with van der Waals surface area (Å²) in [4.78, 5) is 24.4. The van der Waals surface area contributed by atoms with Crippen molar-refractivity contribution in [3.05, 3.63) is 46.6 Å². The van der Waals surface area contributed by atoms with Gasteiger partial charge in [0.15, 0.2) is 0 Å². The van der Waals surface area contributed by atoms with Crippen molar-refractivity contribution in [2.45, 2.75) is 38.6 Å². The minimum Gasteiger partial charge on any atom is -0.469 e. The Morgan fingerprint density at radius 2 is 2.00 bits per heavy atom. The van der Waals surface area contributed by atoms with Gasteiger partial charge >= 0.3 is 11.7 Å². The SMILES string of the molecule is COC(=O)CCc1nn(CCC2CCNCC2)c(=O)n1-c1ccccc1. The molecule has 3 rings (SSSR count). The Hall–Kier alpha value is -2.41. The van der Waals surface area contributed by atoms with Crippen LogP contribution in [-0.2, 0) is 22.5 Å². The first-order valence-electron chi connectivity index (χ1n) is 9.20. The van der Waals surface area contributed by atoms with Crippen LogP contribution in [0.15, 0.2) is 35.1 Å². The van der Waals surface area contributed by atoms with Gasteiger partial charge in [0.1, 0.15) is 5.82 Å². The van der Waals surface area contributed by atoms with Crippen molar-refractivity contribution in [3.8, 4) is 5.69 Å². The maximum absolute atomic E-state index is 12.9. The van der Waals surface area contributed by atoms with Crippen LogP contribution in [0.25, 0.3) is 5.69 Å². The van der Waals surface area contributed by atoms with Crippen LogP contribution >= 0.6 is 0 Å². The normalized spacial score (nSPS) is 15.1. The van der Waals surface area contributed by atoms with Crippen LogP contribution in [0.1, 0.15) is 31.5 Å². The largest absolute Gasteiger partial charge is 0.469 e. The van der Waals surface area contributed by atoms with Gasteiger partial charge in [-0.05, 0) is 50.4 Å². The molecule has 1 aliphatic rings. The number of methoxy groups -OCH3 is 1. The molecule has 2 heterocycles. The van der Waals surface area contributed by atoms with E-state index in [4.69, 9.17) is 4.74 Å². The van der Waals surface area contributed by atoms with E-state index in [2.05, 4.69) is 10.4 Å². The van der Waals surface area contributed by atoms with Crippen LogP contribution in [0, 0.1) is 5.92 Å². The van der Waals surface area contributed by atoms with Crippen molar-refractivity contribution in [1.29, 1.82) is 0 Å². The fourth-order valence-corrected chi connectivity index (χ4v) is 3.39. The minimum atomic E-state index is -0.304. The highest BCUT2D eigenvalue weighted by Gasteiger charge is 2.18. The lowest BCUT2D eigenvalue weighted by Crippen LogP contribution is -2.30. The quantitative estimate of drug-likeness (QED) is 0.760. The number of ether oxygens (including phenoxy) is 1. The lowest BCUT2D eigenvalue weighted by molar-refractivity contribution is -0.140. The van der Waals surface area contributed by atoms with E-state index in [9.17, 15) is 9.59 Å². The average Bonchev–Trinajstić information content (AvgIpc) is 3.01. The van der Waals surface area contributed by atoms with E-state index in [1.165, 1.54) is 7.11 Å². The number of para-hydroxylation sites is 1. The van der Waals surface area contributed by atoms with Crippen LogP contribution in [-0.4, -0.2) is 40.5 Å². The number of benzene rings is 1. The summed E-state index contributed by atoms with van der Waals surface area (Å²) in [5.41, 5.74) is 0.621. The first-order chi connectivity index (χ1) is 12.7. The van der Waals surface area contributed by atoms with Gasteiger partial charge in [-0.3, -0.25) is 4.79 Å². The van der Waals surface area contributed by atoms with Gasteiger partial charge in [-0.2, -0.15) is 5.10 Å². The molecule has 1 aliphatic heterocycles. The van der Waals surface area contributed by atoms with Crippen LogP contribution in [0.5, 0.6) is 0 Å². The molecule has 0 spiro atoms. The zero-order valence-corrected chi connectivity index (χ0v) is 15.2. The van der Waals surface area contributed by atoms with E-state index >= 15 is 0 Å². The molecule has 0 amide bonds. The molecule has 0 saturated carbocycles. The first kappa shape index (κ1) is 18.4. The van der Waals surface area contributed by atoms with Crippen molar-refractivity contribution in [2.24, 2.45) is 5.92 Å². The standard InChI is InChI=1S/C19H26N4O3/c1-26-18(24)8-7-17-21-22(14-11-15-9-12-20-13-10-15)19(25)23(17)16-5-3-2-4-6-16/h2-6,15,20H,7-14H2,1H3. The number of nitrogens with one attached hydrogen (secondary N) is 1. The van der Waals surface area contributed by atoms with Gasteiger partial charge in [-0.1, -0.05) is 18.2 Å². The van der Waals surface area contributed by atoms with Crippen molar-refractivity contribution in [1.82, 2.24) is 19.7 Å². The predicted molar refractivity (Wildman–Crippen MR) is 98.4 cm³/mol. The second-order valence-electron chi connectivity index (χ2n) is 6.65. The smallest absolute Gasteiger partial charge is 0.350 e. The molecule has 1 aromatic carbocycles. The molecule has 1 fully saturated rings. The highest BCUT2D eigenvalue weighted by molar-refractivity contribution is 5.69. The molecule has 1 N–H and O–H groups in total. The Kier molecular flexibility index (Phi) is 6.22. The molecule has 1 aromatic heterocycles. The molecular formula is C19H26N4O3. The van der Waals surface area contributed by atoms with E-state index < -0.39 is 0 Å². The molecule has 0 atom stereocenters. The summed E-state index contributed by atoms with van der Waals surface area (Å²) in [5, 5.41) is 7.88. The van der Waals surface area contributed by atoms with Gasteiger partial charge in [0, 0.05) is 13.0 Å². The molecule has 140 valence electrons. The molecule has 0 radical (unpaired) electrons. The zero-order chi connectivity index (χ0) is 18.4. The number of rotatable bonds is 7. The van der Waals surface area contributed by atoms with E-state index in [0.29, 0.717) is 24.7 Å². The maximum atomic E-state index is 12.9. The summed E-state index contributed by atoms with van der Waals surface area (Å²) >= 11 is 0. The molecule has 0 aliphatic carbocycles. The molecule has 0 unspecified atom stereocenters. The monoisotopic (exact) mass is 358 g/mol. The van der Waals surface area contributed by atoms with Crippen LogP contribution in [0.3, 0.4) is 0 Å². The number of aromatic nitrogens is 3. The average molecular weight is 358 g/mol. The lowest BCUT2D eigenvalue weighted by Gasteiger charge is -2.22. The molecular weight excluding hydrogens is 332 g/mol. The molecule has 2 aromatic rings. The van der Waals surface area contributed by atoms with Gasteiger partial charge in [0.2, 0.25) is 0 Å². The highest BCUT2D eigenvalue weighted by atomic mass is 16.5. The van der Waals surface area contributed by atoms with Gasteiger partial charge in [-0.25, -0.2) is 14.0 Å². The van der Waals surface area contributed by atoms with Gasteiger partial charge in [0.25, 0.3) is 0 Å². The third-order valence-electron chi connectivity index (χ3n) is 4.91. The number of nitrogens with zero attached hydrogens (tertiary/aromatic N) is 3. The van der Waals surface area contributed by atoms with Crippen molar-refractivity contribution >= 4 is 5.97 Å². The zero-order valence-electron chi connectivity index (χ0n) is 15.2. The highest BCUT2D eigenvalue weighted by Crippen LogP contribution is 2.16. The van der Waals surface area contributed by atoms with Crippen LogP contribution in [0.4, 0.5) is 0 Å². The summed E-state index contributed by atoms with van der Waals surface area (Å²) in [7, 11) is 1.37. The maximum Gasteiger partial charge on any atom is 0.350 e. The Balaban J connectivity index is 1.82. The van der Waals surface area contributed by atoms with Gasteiger partial charge in [0.05, 0.1) is 19.2 Å². The number of piperidine rings is 1. The van der Waals surface area contributed by atoms with Gasteiger partial charge < -0.3 is 10.1 Å². The Morgan fingerprint density at radius 1 is 1.27 bits per heavy atom. The minimum absolute atomic E-state index is 0.148. The topological polar surface area (TPSA) is 78.2 Å². The first-order valence-corrected chi connectivity index (χ1v) is 9.20. The lowest BCUT2D eigenvalue weighted by atomic mass is 9.95. The van der Waals surface area contributed by atoms with E-state index in [1.807, 2.05) is 30.3 Å². The molecule has 26 heavy (non-hydrogen) atoms. The number of hydrogen-bond donors (Lipinski definition) is 1. The summed E-state index contributed by atoms with van der Waals surface area (Å²) in [6, 6.07) is 9.43. The second-order valence-corrected chi connectivity index (χ2v) is 6.65. The van der Waals surface area contributed by atoms with Crippen molar-refractivity contribution in [3.63, 3.8) is 0 Å². The number of carbonyl (C=O) groups excluding carboxylic acids is 1. The molecule has 1 saturated heterocycles. The Morgan fingerprint density at radius 3 is 2.69 bits per heavy atom. The van der Waals surface area contributed by atoms with E-state index in [1.54, 1.807) is 9.25 Å². The summed E-state index contributed by atoms with van der Waals surface area (Å²) in [5.74, 6) is 0.918.